The minimum atomic E-state index is -0.352. The molecular weight excluding hydrogens is 288 g/mol. The van der Waals surface area contributed by atoms with Crippen LogP contribution in [0.15, 0.2) is 0 Å². The smallest absolute Gasteiger partial charge is 0.311 e. The molecule has 0 aromatic rings. The third kappa shape index (κ3) is 12.3. The average Bonchev–Trinajstić information content (AvgIpc) is 2.42. The zero-order valence-corrected chi connectivity index (χ0v) is 17.0. The van der Waals surface area contributed by atoms with Crippen LogP contribution in [0.25, 0.3) is 0 Å². The average molecular weight is 329 g/mol. The van der Waals surface area contributed by atoms with Crippen LogP contribution in [0.1, 0.15) is 94.4 Å². The summed E-state index contributed by atoms with van der Waals surface area (Å²) < 4.78 is 4.92. The summed E-state index contributed by atoms with van der Waals surface area (Å²) in [6, 6.07) is 0. The van der Waals surface area contributed by atoms with Crippen molar-refractivity contribution in [2.24, 2.45) is 16.7 Å². The lowest BCUT2D eigenvalue weighted by Gasteiger charge is -2.23. The number of ether oxygens (including phenoxy) is 1. The fraction of sp³-hybridized carbons (Fsp3) is 0.900. The van der Waals surface area contributed by atoms with Crippen LogP contribution in [0.4, 0.5) is 0 Å². The summed E-state index contributed by atoms with van der Waals surface area (Å²) in [5.41, 5.74) is -0.510. The summed E-state index contributed by atoms with van der Waals surface area (Å²) in [7, 11) is 0. The molecule has 0 radical (unpaired) electrons. The lowest BCUT2D eigenvalue weighted by Crippen LogP contribution is -2.28. The van der Waals surface area contributed by atoms with Crippen molar-refractivity contribution in [1.82, 2.24) is 0 Å². The number of rotatable bonds is 7. The fourth-order valence-electron chi connectivity index (χ4n) is 2.13. The summed E-state index contributed by atoms with van der Waals surface area (Å²) in [6.07, 6.45) is 5.24. The summed E-state index contributed by atoms with van der Waals surface area (Å²) >= 11 is 0. The first-order chi connectivity index (χ1) is 10.4. The van der Waals surface area contributed by atoms with E-state index in [0.29, 0.717) is 18.3 Å². The number of hydrogen-bond acceptors (Lipinski definition) is 3. The number of ketones is 1. The number of carbonyl (C=O) groups excluding carboxylic acids is 2. The zero-order valence-electron chi connectivity index (χ0n) is 17.0. The van der Waals surface area contributed by atoms with E-state index in [1.54, 1.807) is 0 Å². The maximum absolute atomic E-state index is 11.9. The molecule has 0 saturated heterocycles. The Morgan fingerprint density at radius 3 is 1.48 bits per heavy atom. The van der Waals surface area contributed by atoms with Crippen LogP contribution in [-0.2, 0) is 14.3 Å². The monoisotopic (exact) mass is 328 g/mol. The van der Waals surface area contributed by atoms with Gasteiger partial charge in [-0.1, -0.05) is 54.4 Å². The Kier molecular flexibility index (Phi) is 12.3. The Balaban J connectivity index is 0. The van der Waals surface area contributed by atoms with Gasteiger partial charge in [-0.15, -0.1) is 0 Å². The van der Waals surface area contributed by atoms with E-state index < -0.39 is 0 Å². The maximum Gasteiger partial charge on any atom is 0.311 e. The van der Waals surface area contributed by atoms with Crippen LogP contribution < -0.4 is 0 Å². The van der Waals surface area contributed by atoms with Crippen molar-refractivity contribution in [1.29, 1.82) is 0 Å². The van der Waals surface area contributed by atoms with E-state index in [-0.39, 0.29) is 16.8 Å². The Hall–Kier alpha value is -0.860. The molecule has 0 N–H and O–H groups in total. The lowest BCUT2D eigenvalue weighted by molar-refractivity contribution is -0.152. The van der Waals surface area contributed by atoms with Crippen molar-refractivity contribution in [3.8, 4) is 0 Å². The van der Waals surface area contributed by atoms with Crippen molar-refractivity contribution in [2.45, 2.75) is 94.4 Å². The van der Waals surface area contributed by atoms with Gasteiger partial charge in [0.1, 0.15) is 5.78 Å². The molecule has 3 heteroatoms. The van der Waals surface area contributed by atoms with Gasteiger partial charge in [-0.05, 0) is 40.0 Å². The second kappa shape index (κ2) is 11.6. The van der Waals surface area contributed by atoms with Gasteiger partial charge in [0.2, 0.25) is 0 Å². The van der Waals surface area contributed by atoms with Gasteiger partial charge in [0.15, 0.2) is 0 Å². The molecule has 0 fully saturated rings. The second-order valence-corrected chi connectivity index (χ2v) is 8.27. The molecule has 0 aromatic heterocycles. The van der Waals surface area contributed by atoms with Crippen molar-refractivity contribution in [2.75, 3.05) is 6.61 Å². The van der Waals surface area contributed by atoms with Gasteiger partial charge in [0.25, 0.3) is 0 Å². The SMILES string of the molecule is CCCC(CCC)C(=O)C(C)(C)C.CCCOC(=O)C(C)(C)C. The van der Waals surface area contributed by atoms with Crippen molar-refractivity contribution in [3.63, 3.8) is 0 Å². The molecular formula is C20H40O3. The topological polar surface area (TPSA) is 43.4 Å². The molecule has 0 amide bonds. The van der Waals surface area contributed by atoms with Crippen molar-refractivity contribution in [3.05, 3.63) is 0 Å². The summed E-state index contributed by atoms with van der Waals surface area (Å²) in [4.78, 5) is 22.9. The van der Waals surface area contributed by atoms with Gasteiger partial charge in [0.05, 0.1) is 12.0 Å². The molecule has 0 aromatic carbocycles. The summed E-state index contributed by atoms with van der Waals surface area (Å²) in [6.45, 7) is 18.4. The number of Topliss-reactive ketones (excluding diaryl/α,β-unsaturated/α-hetero) is 1. The van der Waals surface area contributed by atoms with Crippen LogP contribution in [0.3, 0.4) is 0 Å². The highest BCUT2D eigenvalue weighted by molar-refractivity contribution is 5.85. The molecule has 0 saturated carbocycles. The van der Waals surface area contributed by atoms with Gasteiger partial charge in [-0.25, -0.2) is 0 Å². The molecule has 0 aliphatic heterocycles. The van der Waals surface area contributed by atoms with E-state index >= 15 is 0 Å². The van der Waals surface area contributed by atoms with E-state index in [1.165, 1.54) is 0 Å². The van der Waals surface area contributed by atoms with Crippen molar-refractivity contribution < 1.29 is 14.3 Å². The Labute approximate surface area is 144 Å². The molecule has 0 rings (SSSR count). The highest BCUT2D eigenvalue weighted by Crippen LogP contribution is 2.26. The first-order valence-corrected chi connectivity index (χ1v) is 9.13. The maximum atomic E-state index is 11.9. The molecule has 0 atom stereocenters. The second-order valence-electron chi connectivity index (χ2n) is 8.27. The van der Waals surface area contributed by atoms with Gasteiger partial charge >= 0.3 is 5.97 Å². The highest BCUT2D eigenvalue weighted by Gasteiger charge is 2.28. The molecule has 0 aliphatic carbocycles. The Morgan fingerprint density at radius 1 is 0.783 bits per heavy atom. The summed E-state index contributed by atoms with van der Waals surface area (Å²) in [5.74, 6) is 0.626. The van der Waals surface area contributed by atoms with E-state index in [1.807, 2.05) is 48.5 Å². The molecule has 0 heterocycles. The predicted molar refractivity (Wildman–Crippen MR) is 98.5 cm³/mol. The minimum Gasteiger partial charge on any atom is -0.465 e. The quantitative estimate of drug-likeness (QED) is 0.554. The Morgan fingerprint density at radius 2 is 1.22 bits per heavy atom. The van der Waals surface area contributed by atoms with E-state index in [4.69, 9.17) is 4.74 Å². The Bertz CT molecular complexity index is 326. The van der Waals surface area contributed by atoms with Crippen molar-refractivity contribution >= 4 is 11.8 Å². The van der Waals surface area contributed by atoms with Crippen LogP contribution in [-0.4, -0.2) is 18.4 Å². The number of esters is 1. The summed E-state index contributed by atoms with van der Waals surface area (Å²) in [5, 5.41) is 0. The first-order valence-electron chi connectivity index (χ1n) is 9.13. The largest absolute Gasteiger partial charge is 0.465 e. The molecule has 0 spiro atoms. The molecule has 0 unspecified atom stereocenters. The molecule has 138 valence electrons. The normalized spacial score (nSPS) is 11.7. The third-order valence-corrected chi connectivity index (χ3v) is 3.43. The fourth-order valence-corrected chi connectivity index (χ4v) is 2.13. The highest BCUT2D eigenvalue weighted by atomic mass is 16.5. The van der Waals surface area contributed by atoms with Crippen LogP contribution in [0.2, 0.25) is 0 Å². The molecule has 23 heavy (non-hydrogen) atoms. The van der Waals surface area contributed by atoms with E-state index in [9.17, 15) is 9.59 Å². The van der Waals surface area contributed by atoms with Crippen LogP contribution >= 0.6 is 0 Å². The first kappa shape index (κ1) is 24.4. The van der Waals surface area contributed by atoms with Gasteiger partial charge in [-0.2, -0.15) is 0 Å². The molecule has 0 bridgehead atoms. The number of hydrogen-bond donors (Lipinski definition) is 0. The predicted octanol–water partition coefficient (Wildman–Crippen LogP) is 5.80. The standard InChI is InChI=1S/C12H24O.C8H16O2/c1-6-8-10(9-7-2)11(13)12(3,4)5;1-5-6-10-7(9)8(2,3)4/h10H,6-9H2,1-5H3;5-6H2,1-4H3. The third-order valence-electron chi connectivity index (χ3n) is 3.43. The van der Waals surface area contributed by atoms with E-state index in [2.05, 4.69) is 13.8 Å². The lowest BCUT2D eigenvalue weighted by atomic mass is 9.79. The van der Waals surface area contributed by atoms with E-state index in [0.717, 1.165) is 32.1 Å². The number of carbonyl (C=O) groups is 2. The van der Waals surface area contributed by atoms with Gasteiger partial charge < -0.3 is 4.74 Å². The minimum absolute atomic E-state index is 0.116. The van der Waals surface area contributed by atoms with Gasteiger partial charge in [0, 0.05) is 11.3 Å². The van der Waals surface area contributed by atoms with Crippen LogP contribution in [0.5, 0.6) is 0 Å². The van der Waals surface area contributed by atoms with Gasteiger partial charge in [-0.3, -0.25) is 9.59 Å². The molecule has 0 aliphatic rings. The molecule has 3 nitrogen and oxygen atoms in total. The zero-order chi connectivity index (χ0) is 18.7. The van der Waals surface area contributed by atoms with Crippen LogP contribution in [0, 0.1) is 16.7 Å².